The van der Waals surface area contributed by atoms with Crippen LogP contribution in [-0.2, 0) is 19.4 Å². The number of ether oxygens (including phenoxy) is 1. The number of anilines is 1. The quantitative estimate of drug-likeness (QED) is 0.321. The van der Waals surface area contributed by atoms with Crippen LogP contribution in [0.2, 0.25) is 0 Å². The molecule has 2 unspecified atom stereocenters. The minimum Gasteiger partial charge on any atom is -0.381 e. The Labute approximate surface area is 273 Å². The zero-order chi connectivity index (χ0) is 31.9. The third-order valence-electron chi connectivity index (χ3n) is 10.2. The number of rotatable bonds is 7. The molecule has 2 aliphatic heterocycles. The molecule has 46 heavy (non-hydrogen) atoms. The highest BCUT2D eigenvalue weighted by atomic mass is 32.2. The van der Waals surface area contributed by atoms with Gasteiger partial charge in [0.05, 0.1) is 28.1 Å². The molecular weight excluding hydrogens is 624 g/mol. The first-order valence-electron chi connectivity index (χ1n) is 16.4. The van der Waals surface area contributed by atoms with Crippen LogP contribution in [0, 0.1) is 23.1 Å². The van der Waals surface area contributed by atoms with Gasteiger partial charge in [-0.3, -0.25) is 4.79 Å². The molecule has 3 aromatic rings. The topological polar surface area (TPSA) is 112 Å². The number of aromatic nitrogens is 1. The summed E-state index contributed by atoms with van der Waals surface area (Å²) in [6.07, 6.45) is 6.46. The fraction of sp³-hybridized carbons (Fsp3) is 0.514. The van der Waals surface area contributed by atoms with Crippen molar-refractivity contribution in [3.8, 4) is 27.1 Å². The maximum Gasteiger partial charge on any atom is 0.225 e. The number of amides is 1. The lowest BCUT2D eigenvalue weighted by atomic mass is 9.76. The van der Waals surface area contributed by atoms with Crippen molar-refractivity contribution < 1.29 is 22.3 Å². The molecule has 2 aromatic carbocycles. The predicted octanol–water partition coefficient (Wildman–Crippen LogP) is 6.19. The Balaban J connectivity index is 1.25. The summed E-state index contributed by atoms with van der Waals surface area (Å²) in [6.45, 7) is 2.20. The molecule has 11 heteroatoms. The molecule has 8 nitrogen and oxygen atoms in total. The first kappa shape index (κ1) is 31.3. The highest BCUT2D eigenvalue weighted by Crippen LogP contribution is 2.47. The number of carbonyl (C=O) groups is 1. The van der Waals surface area contributed by atoms with Crippen molar-refractivity contribution >= 4 is 32.8 Å². The molecule has 7 rings (SSSR count). The van der Waals surface area contributed by atoms with Gasteiger partial charge in [-0.05, 0) is 85.9 Å². The number of sulfone groups is 1. The van der Waals surface area contributed by atoms with Crippen LogP contribution in [0.1, 0.15) is 74.5 Å². The Hall–Kier alpha value is -3.33. The second kappa shape index (κ2) is 12.7. The Morgan fingerprint density at radius 3 is 2.41 bits per heavy atom. The van der Waals surface area contributed by atoms with Crippen LogP contribution in [0.15, 0.2) is 42.5 Å². The van der Waals surface area contributed by atoms with Gasteiger partial charge in [0.25, 0.3) is 0 Å². The van der Waals surface area contributed by atoms with Gasteiger partial charge >= 0.3 is 0 Å². The largest absolute Gasteiger partial charge is 0.381 e. The van der Waals surface area contributed by atoms with E-state index in [1.165, 1.54) is 0 Å². The van der Waals surface area contributed by atoms with Crippen molar-refractivity contribution in [2.24, 2.45) is 5.92 Å². The average molecular weight is 663 g/mol. The van der Waals surface area contributed by atoms with E-state index < -0.39 is 15.4 Å². The molecule has 0 radical (unpaired) electrons. The number of nitriles is 1. The second-order valence-corrected chi connectivity index (χ2v) is 16.5. The first-order chi connectivity index (χ1) is 22.2. The third-order valence-corrected chi connectivity index (χ3v) is 13.0. The van der Waals surface area contributed by atoms with E-state index in [4.69, 9.17) is 9.72 Å². The normalized spacial score (nSPS) is 24.2. The second-order valence-electron chi connectivity index (χ2n) is 13.2. The zero-order valence-electron chi connectivity index (χ0n) is 25.8. The van der Waals surface area contributed by atoms with Gasteiger partial charge in [0.2, 0.25) is 5.91 Å². The average Bonchev–Trinajstić information content (AvgIpc) is 3.72. The summed E-state index contributed by atoms with van der Waals surface area (Å²) in [5, 5.41) is 13.5. The molecule has 2 saturated carbocycles. The molecule has 1 N–H and O–H groups in total. The number of hydrogen-bond donors (Lipinski definition) is 1. The Morgan fingerprint density at radius 2 is 1.72 bits per heavy atom. The summed E-state index contributed by atoms with van der Waals surface area (Å²) >= 11 is 1.57. The Kier molecular flexibility index (Phi) is 8.64. The van der Waals surface area contributed by atoms with Gasteiger partial charge in [0.15, 0.2) is 9.84 Å². The molecule has 1 aromatic heterocycles. The molecule has 2 aliphatic carbocycles. The Morgan fingerprint density at radius 1 is 1.02 bits per heavy atom. The standard InChI is InChI=1S/C35H39FN4O4S2/c36-30-10-7-25(21-29(30)23-11-17-44-18-12-23)34-38-31(27-3-1-2-4-28(27)33(41)39-35(22-37)13-14-35)32(45-34)24-5-8-26(9-6-24)40-15-19-46(42,43)20-16-40/h5-10,21,23,27-28H,1-4,11-20H2,(H,39,41). The smallest absolute Gasteiger partial charge is 0.225 e. The number of hydrogen-bond acceptors (Lipinski definition) is 8. The van der Waals surface area contributed by atoms with Crippen LogP contribution >= 0.6 is 11.3 Å². The summed E-state index contributed by atoms with van der Waals surface area (Å²) in [5.41, 5.74) is 3.69. The van der Waals surface area contributed by atoms with Crippen molar-refractivity contribution in [1.29, 1.82) is 5.26 Å². The van der Waals surface area contributed by atoms with Crippen LogP contribution in [0.3, 0.4) is 0 Å². The number of carbonyl (C=O) groups excluding carboxylic acids is 1. The van der Waals surface area contributed by atoms with Crippen LogP contribution in [0.25, 0.3) is 21.0 Å². The van der Waals surface area contributed by atoms with E-state index in [2.05, 4.69) is 28.4 Å². The number of benzene rings is 2. The van der Waals surface area contributed by atoms with Gasteiger partial charge in [-0.2, -0.15) is 5.26 Å². The van der Waals surface area contributed by atoms with Gasteiger partial charge in [-0.15, -0.1) is 11.3 Å². The minimum absolute atomic E-state index is 0.0664. The van der Waals surface area contributed by atoms with Crippen molar-refractivity contribution in [2.45, 2.75) is 68.7 Å². The van der Waals surface area contributed by atoms with Crippen molar-refractivity contribution in [3.63, 3.8) is 0 Å². The molecule has 3 heterocycles. The maximum absolute atomic E-state index is 15.1. The monoisotopic (exact) mass is 662 g/mol. The highest BCUT2D eigenvalue weighted by Gasteiger charge is 2.47. The lowest BCUT2D eigenvalue weighted by molar-refractivity contribution is -0.127. The minimum atomic E-state index is -2.98. The summed E-state index contributed by atoms with van der Waals surface area (Å²) in [6, 6.07) is 15.8. The molecule has 2 atom stereocenters. The molecular formula is C35H39FN4O4S2. The fourth-order valence-electron chi connectivity index (χ4n) is 7.20. The fourth-order valence-corrected chi connectivity index (χ4v) is 9.54. The highest BCUT2D eigenvalue weighted by molar-refractivity contribution is 7.91. The molecule has 242 valence electrons. The van der Waals surface area contributed by atoms with E-state index in [1.807, 2.05) is 18.2 Å². The van der Waals surface area contributed by atoms with E-state index in [0.717, 1.165) is 70.9 Å². The number of thiazole rings is 1. The van der Waals surface area contributed by atoms with E-state index in [9.17, 15) is 18.5 Å². The molecule has 4 fully saturated rings. The lowest BCUT2D eigenvalue weighted by Crippen LogP contribution is -2.42. The molecule has 4 aliphatic rings. The van der Waals surface area contributed by atoms with Gasteiger partial charge < -0.3 is 15.0 Å². The van der Waals surface area contributed by atoms with E-state index in [1.54, 1.807) is 23.5 Å². The molecule has 0 bridgehead atoms. The summed E-state index contributed by atoms with van der Waals surface area (Å²) < 4.78 is 44.6. The van der Waals surface area contributed by atoms with Gasteiger partial charge in [-0.25, -0.2) is 17.8 Å². The van der Waals surface area contributed by atoms with Crippen LogP contribution in [-0.4, -0.2) is 62.7 Å². The van der Waals surface area contributed by atoms with Crippen LogP contribution in [0.4, 0.5) is 10.1 Å². The van der Waals surface area contributed by atoms with Crippen LogP contribution < -0.4 is 10.2 Å². The summed E-state index contributed by atoms with van der Waals surface area (Å²) in [5.74, 6) is -0.246. The van der Waals surface area contributed by atoms with Crippen molar-refractivity contribution in [3.05, 3.63) is 59.5 Å². The molecule has 0 spiro atoms. The molecule has 1 amide bonds. The summed E-state index contributed by atoms with van der Waals surface area (Å²) in [4.78, 5) is 22.0. The van der Waals surface area contributed by atoms with E-state index in [-0.39, 0.29) is 41.0 Å². The third kappa shape index (κ3) is 6.44. The van der Waals surface area contributed by atoms with Crippen molar-refractivity contribution in [2.75, 3.05) is 42.7 Å². The zero-order valence-corrected chi connectivity index (χ0v) is 27.5. The SMILES string of the molecule is N#CC1(NC(=O)C2CCCCC2c2nc(-c3ccc(F)c(C4CCOCC4)c3)sc2-c2ccc(N3CCS(=O)(=O)CC3)cc2)CC1. The Bertz CT molecular complexity index is 1740. The van der Waals surface area contributed by atoms with Crippen molar-refractivity contribution in [1.82, 2.24) is 10.3 Å². The predicted molar refractivity (Wildman–Crippen MR) is 177 cm³/mol. The van der Waals surface area contributed by atoms with Gasteiger partial charge in [-0.1, -0.05) is 25.0 Å². The number of nitrogens with one attached hydrogen (secondary N) is 1. The number of halogens is 1. The maximum atomic E-state index is 15.1. The van der Waals surface area contributed by atoms with Gasteiger partial charge in [0.1, 0.15) is 16.4 Å². The van der Waals surface area contributed by atoms with E-state index in [0.29, 0.717) is 44.7 Å². The first-order valence-corrected chi connectivity index (χ1v) is 19.1. The molecule has 2 saturated heterocycles. The van der Waals surface area contributed by atoms with E-state index >= 15 is 4.39 Å². The summed E-state index contributed by atoms with van der Waals surface area (Å²) in [7, 11) is -2.98. The van der Waals surface area contributed by atoms with Gasteiger partial charge in [0, 0.05) is 49.4 Å². The van der Waals surface area contributed by atoms with Crippen LogP contribution in [0.5, 0.6) is 0 Å². The lowest BCUT2D eigenvalue weighted by Gasteiger charge is -2.31. The number of nitrogens with zero attached hydrogens (tertiary/aromatic N) is 3.